The molecule has 1 aliphatic heterocycles. The number of aromatic nitrogens is 1. The van der Waals surface area contributed by atoms with Crippen LogP contribution in [0, 0.1) is 12.3 Å². The summed E-state index contributed by atoms with van der Waals surface area (Å²) < 4.78 is 5.03. The number of hydrogen-bond donors (Lipinski definition) is 2. The standard InChI is InChI=1S/C20H30N4O3/c1-15-4-2-5-16(22-15)12-24-10-8-20(9-11-24)7-3-6-17(20)23-19(26)14-27-13-18(21)25/h2,4-5,17H,3,6-14H2,1H3,(H2,21,25)(H,23,26). The minimum Gasteiger partial charge on any atom is -0.368 e. The van der Waals surface area contributed by atoms with Crippen molar-refractivity contribution in [2.24, 2.45) is 11.1 Å². The van der Waals surface area contributed by atoms with Crippen LogP contribution in [0.5, 0.6) is 0 Å². The predicted octanol–water partition coefficient (Wildman–Crippen LogP) is 1.14. The summed E-state index contributed by atoms with van der Waals surface area (Å²) in [5, 5.41) is 3.14. The Bertz CT molecular complexity index is 671. The number of primary amides is 1. The van der Waals surface area contributed by atoms with Crippen LogP contribution in [0.3, 0.4) is 0 Å². The van der Waals surface area contributed by atoms with E-state index >= 15 is 0 Å². The number of rotatable bonds is 7. The number of nitrogens with one attached hydrogen (secondary N) is 1. The predicted molar refractivity (Wildman–Crippen MR) is 102 cm³/mol. The van der Waals surface area contributed by atoms with E-state index in [0.29, 0.717) is 0 Å². The first-order valence-electron chi connectivity index (χ1n) is 9.77. The van der Waals surface area contributed by atoms with Crippen LogP contribution in [0.25, 0.3) is 0 Å². The molecule has 1 aromatic heterocycles. The number of carbonyl (C=O) groups excluding carboxylic acids is 2. The zero-order valence-corrected chi connectivity index (χ0v) is 16.1. The quantitative estimate of drug-likeness (QED) is 0.746. The van der Waals surface area contributed by atoms with Crippen molar-refractivity contribution in [2.75, 3.05) is 26.3 Å². The SMILES string of the molecule is Cc1cccc(CN2CCC3(CCCC3NC(=O)COCC(N)=O)CC2)n1. The lowest BCUT2D eigenvalue weighted by Crippen LogP contribution is -2.50. The maximum absolute atomic E-state index is 12.1. The molecule has 0 aromatic carbocycles. The van der Waals surface area contributed by atoms with Crippen LogP contribution in [-0.4, -0.2) is 54.0 Å². The highest BCUT2D eigenvalue weighted by Gasteiger charge is 2.45. The molecule has 7 heteroatoms. The molecule has 1 aromatic rings. The number of nitrogens with zero attached hydrogens (tertiary/aromatic N) is 2. The van der Waals surface area contributed by atoms with E-state index in [1.165, 1.54) is 0 Å². The highest BCUT2D eigenvalue weighted by atomic mass is 16.5. The lowest BCUT2D eigenvalue weighted by atomic mass is 9.74. The Labute approximate surface area is 160 Å². The van der Waals surface area contributed by atoms with Crippen molar-refractivity contribution >= 4 is 11.8 Å². The van der Waals surface area contributed by atoms with E-state index in [0.717, 1.165) is 63.1 Å². The number of hydrogen-bond acceptors (Lipinski definition) is 5. The van der Waals surface area contributed by atoms with E-state index in [1.54, 1.807) is 0 Å². The van der Waals surface area contributed by atoms with Gasteiger partial charge in [0.25, 0.3) is 0 Å². The highest BCUT2D eigenvalue weighted by molar-refractivity contribution is 5.79. The van der Waals surface area contributed by atoms with Crippen molar-refractivity contribution in [2.45, 2.75) is 51.6 Å². The second-order valence-electron chi connectivity index (χ2n) is 7.88. The van der Waals surface area contributed by atoms with Crippen molar-refractivity contribution in [3.63, 3.8) is 0 Å². The molecular weight excluding hydrogens is 344 g/mol. The monoisotopic (exact) mass is 374 g/mol. The Hall–Kier alpha value is -1.99. The number of amides is 2. The maximum atomic E-state index is 12.1. The first-order valence-corrected chi connectivity index (χ1v) is 9.77. The first-order chi connectivity index (χ1) is 13.0. The Balaban J connectivity index is 1.49. The number of nitrogens with two attached hydrogens (primary N) is 1. The van der Waals surface area contributed by atoms with Gasteiger partial charge in [0, 0.05) is 18.3 Å². The van der Waals surface area contributed by atoms with Gasteiger partial charge in [0.15, 0.2) is 0 Å². The third kappa shape index (κ3) is 5.26. The molecule has 3 rings (SSSR count). The van der Waals surface area contributed by atoms with Gasteiger partial charge < -0.3 is 15.8 Å². The molecule has 2 fully saturated rings. The number of aryl methyl sites for hydroxylation is 1. The number of carbonyl (C=O) groups is 2. The fourth-order valence-electron chi connectivity index (χ4n) is 4.52. The molecule has 2 heterocycles. The highest BCUT2D eigenvalue weighted by Crippen LogP contribution is 2.46. The molecule has 1 saturated heterocycles. The van der Waals surface area contributed by atoms with Gasteiger partial charge in [-0.15, -0.1) is 0 Å². The smallest absolute Gasteiger partial charge is 0.246 e. The zero-order valence-electron chi connectivity index (χ0n) is 16.1. The second-order valence-corrected chi connectivity index (χ2v) is 7.88. The molecule has 1 spiro atoms. The summed E-state index contributed by atoms with van der Waals surface area (Å²) in [6.45, 7) is 4.63. The average Bonchev–Trinajstić information content (AvgIpc) is 2.99. The normalized spacial score (nSPS) is 22.0. The van der Waals surface area contributed by atoms with Gasteiger partial charge in [0.1, 0.15) is 13.2 Å². The van der Waals surface area contributed by atoms with Crippen LogP contribution in [0.15, 0.2) is 18.2 Å². The molecule has 0 bridgehead atoms. The Kier molecular flexibility index (Phi) is 6.44. The number of ether oxygens (including phenoxy) is 1. The van der Waals surface area contributed by atoms with Crippen LogP contribution in [0.4, 0.5) is 0 Å². The number of piperidine rings is 1. The van der Waals surface area contributed by atoms with E-state index in [9.17, 15) is 9.59 Å². The minimum absolute atomic E-state index is 0.110. The second kappa shape index (κ2) is 8.80. The summed E-state index contributed by atoms with van der Waals surface area (Å²) in [7, 11) is 0. The van der Waals surface area contributed by atoms with Crippen LogP contribution in [0.1, 0.15) is 43.5 Å². The molecule has 0 radical (unpaired) electrons. The van der Waals surface area contributed by atoms with Gasteiger partial charge >= 0.3 is 0 Å². The lowest BCUT2D eigenvalue weighted by Gasteiger charge is -2.43. The van der Waals surface area contributed by atoms with Crippen LogP contribution in [-0.2, 0) is 20.9 Å². The molecule has 2 amide bonds. The maximum Gasteiger partial charge on any atom is 0.246 e. The van der Waals surface area contributed by atoms with Crippen molar-refractivity contribution in [3.8, 4) is 0 Å². The molecule has 3 N–H and O–H groups in total. The summed E-state index contributed by atoms with van der Waals surface area (Å²) in [6.07, 6.45) is 5.50. The van der Waals surface area contributed by atoms with Crippen LogP contribution in [0.2, 0.25) is 0 Å². The fraction of sp³-hybridized carbons (Fsp3) is 0.650. The van der Waals surface area contributed by atoms with Gasteiger partial charge in [-0.25, -0.2) is 0 Å². The third-order valence-corrected chi connectivity index (χ3v) is 5.90. The number of likely N-dealkylation sites (tertiary alicyclic amines) is 1. The van der Waals surface area contributed by atoms with E-state index in [4.69, 9.17) is 10.5 Å². The van der Waals surface area contributed by atoms with Crippen LogP contribution >= 0.6 is 0 Å². The summed E-state index contributed by atoms with van der Waals surface area (Å²) in [5.74, 6) is -0.718. The van der Waals surface area contributed by atoms with E-state index < -0.39 is 5.91 Å². The minimum atomic E-state index is -0.560. The van der Waals surface area contributed by atoms with E-state index in [1.807, 2.05) is 13.0 Å². The first kappa shape index (κ1) is 19.8. The lowest BCUT2D eigenvalue weighted by molar-refractivity contribution is -0.130. The van der Waals surface area contributed by atoms with Gasteiger partial charge in [-0.1, -0.05) is 12.5 Å². The summed E-state index contributed by atoms with van der Waals surface area (Å²) in [4.78, 5) is 29.9. The largest absolute Gasteiger partial charge is 0.368 e. The topological polar surface area (TPSA) is 97.5 Å². The van der Waals surface area contributed by atoms with Gasteiger partial charge in [-0.2, -0.15) is 0 Å². The molecule has 27 heavy (non-hydrogen) atoms. The van der Waals surface area contributed by atoms with Gasteiger partial charge in [0.05, 0.1) is 5.69 Å². The summed E-state index contributed by atoms with van der Waals surface area (Å²) in [6, 6.07) is 6.36. The molecule has 7 nitrogen and oxygen atoms in total. The van der Waals surface area contributed by atoms with Crippen molar-refractivity contribution in [1.82, 2.24) is 15.2 Å². The van der Waals surface area contributed by atoms with Crippen LogP contribution < -0.4 is 11.1 Å². The molecule has 1 aliphatic carbocycles. The van der Waals surface area contributed by atoms with Gasteiger partial charge in [-0.3, -0.25) is 19.5 Å². The Morgan fingerprint density at radius 1 is 1.30 bits per heavy atom. The average molecular weight is 374 g/mol. The molecule has 1 atom stereocenters. The van der Waals surface area contributed by atoms with Gasteiger partial charge in [-0.05, 0) is 63.2 Å². The van der Waals surface area contributed by atoms with Crippen molar-refractivity contribution < 1.29 is 14.3 Å². The molecule has 1 saturated carbocycles. The Morgan fingerprint density at radius 3 is 2.78 bits per heavy atom. The molecule has 1 unspecified atom stereocenters. The Morgan fingerprint density at radius 2 is 2.07 bits per heavy atom. The number of pyridine rings is 1. The third-order valence-electron chi connectivity index (χ3n) is 5.90. The van der Waals surface area contributed by atoms with Crippen molar-refractivity contribution in [1.29, 1.82) is 0 Å². The molecule has 2 aliphatic rings. The zero-order chi connectivity index (χ0) is 19.3. The fourth-order valence-corrected chi connectivity index (χ4v) is 4.52. The summed E-state index contributed by atoms with van der Waals surface area (Å²) in [5.41, 5.74) is 7.39. The van der Waals surface area contributed by atoms with E-state index in [-0.39, 0.29) is 30.6 Å². The summed E-state index contributed by atoms with van der Waals surface area (Å²) >= 11 is 0. The molecular formula is C20H30N4O3. The van der Waals surface area contributed by atoms with Gasteiger partial charge in [0.2, 0.25) is 11.8 Å². The molecule has 148 valence electrons. The van der Waals surface area contributed by atoms with E-state index in [2.05, 4.69) is 27.3 Å². The van der Waals surface area contributed by atoms with Crippen molar-refractivity contribution in [3.05, 3.63) is 29.6 Å².